The van der Waals surface area contributed by atoms with Crippen molar-refractivity contribution in [3.05, 3.63) is 184 Å². The molecule has 530 valence electrons. The molecule has 1 saturated heterocycles. The van der Waals surface area contributed by atoms with Crippen molar-refractivity contribution in [2.24, 2.45) is 11.3 Å². The van der Waals surface area contributed by atoms with Crippen LogP contribution in [0.4, 0.5) is 22.2 Å². The molecule has 101 heavy (non-hydrogen) atoms. The van der Waals surface area contributed by atoms with Crippen molar-refractivity contribution in [2.45, 2.75) is 190 Å². The van der Waals surface area contributed by atoms with Crippen molar-refractivity contribution in [1.82, 2.24) is 60.7 Å². The second-order valence-corrected chi connectivity index (χ2v) is 29.7. The third-order valence-corrected chi connectivity index (χ3v) is 22.3. The second kappa shape index (κ2) is 34.4. The third kappa shape index (κ3) is 19.3. The fourth-order valence-electron chi connectivity index (χ4n) is 14.6. The van der Waals surface area contributed by atoms with Gasteiger partial charge in [-0.05, 0) is 130 Å². The average molecular weight is 1390 g/mol. The molecule has 1 aliphatic heterocycles. The Morgan fingerprint density at radius 1 is 0.446 bits per heavy atom. The lowest BCUT2D eigenvalue weighted by Crippen LogP contribution is -2.40. The number of aromatic carboxylic acids is 1. The molecule has 3 saturated carbocycles. The van der Waals surface area contributed by atoms with Crippen LogP contribution in [0.15, 0.2) is 122 Å². The second-order valence-electron chi connectivity index (χ2n) is 27.4. The number of amides is 7. The van der Waals surface area contributed by atoms with Gasteiger partial charge in [0.2, 0.25) is 11.8 Å². The van der Waals surface area contributed by atoms with Gasteiger partial charge in [0.05, 0.1) is 16.7 Å². The number of nitrogens with one attached hydrogen (secondary N) is 6. The third-order valence-electron chi connectivity index (χ3n) is 20.1. The number of piperidine rings is 1. The van der Waals surface area contributed by atoms with Gasteiger partial charge in [-0.15, -0.1) is 0 Å². The monoisotopic (exact) mass is 1390 g/mol. The van der Waals surface area contributed by atoms with Crippen LogP contribution in [0.5, 0.6) is 0 Å². The Balaban J connectivity index is 0.000000137. The van der Waals surface area contributed by atoms with E-state index in [-0.39, 0.29) is 117 Å². The Labute approximate surface area is 588 Å². The number of carboxylic acid groups (broad SMARTS) is 1. The Bertz CT molecular complexity index is 4140. The lowest BCUT2D eigenvalue weighted by molar-refractivity contribution is -0.126. The van der Waals surface area contributed by atoms with E-state index < -0.39 is 21.2 Å². The highest BCUT2D eigenvalue weighted by molar-refractivity contribution is 7.91. The summed E-state index contributed by atoms with van der Waals surface area (Å²) in [6, 6.07) is 24.4. The van der Waals surface area contributed by atoms with Crippen LogP contribution in [0, 0.1) is 11.3 Å². The van der Waals surface area contributed by atoms with Crippen molar-refractivity contribution < 1.29 is 47.1 Å². The summed E-state index contributed by atoms with van der Waals surface area (Å²) >= 11 is 0. The number of likely N-dealkylation sites (tertiary alicyclic amines) is 1. The van der Waals surface area contributed by atoms with E-state index in [1.807, 2.05) is 43.3 Å². The fourth-order valence-corrected chi connectivity index (χ4v) is 16.5. The molecule has 25 nitrogen and oxygen atoms in total. The van der Waals surface area contributed by atoms with Crippen LogP contribution < -0.4 is 31.9 Å². The normalized spacial score (nSPS) is 17.4. The van der Waals surface area contributed by atoms with E-state index >= 15 is 0 Å². The molecule has 3 aromatic carbocycles. The maximum atomic E-state index is 12.8. The molecule has 4 aromatic heterocycles. The number of carbonyl (C=O) groups is 7. The van der Waals surface area contributed by atoms with Crippen molar-refractivity contribution in [2.75, 3.05) is 29.0 Å². The summed E-state index contributed by atoms with van der Waals surface area (Å²) in [5.74, 6) is -2.16. The molecule has 7 aromatic rings. The SMILES string of the molecule is CC1(C(=O)Nc2nccnc2C(=O)NC2Cc3ccccc3C2)CCCCC1.O=C(NC1Cc2ccccc2C1)c1nccnc1CS(=O)(=O)C1CCCCC1.O=C(NC1Cc2ccccc2C1)c1nccnc1NC(=O)N1CCCCC1.O=C(O)c1nccnc1NC(=O)C1CCCCC1. The molecule has 26 heteroatoms. The van der Waals surface area contributed by atoms with Gasteiger partial charge in [-0.3, -0.25) is 34.3 Å². The van der Waals surface area contributed by atoms with Crippen molar-refractivity contribution >= 4 is 68.8 Å². The molecule has 0 bridgehead atoms. The van der Waals surface area contributed by atoms with Crippen LogP contribution in [0.3, 0.4) is 0 Å². The highest BCUT2D eigenvalue weighted by atomic mass is 32.2. The van der Waals surface area contributed by atoms with E-state index in [0.717, 1.165) is 148 Å². The number of urea groups is 1. The van der Waals surface area contributed by atoms with E-state index in [0.29, 0.717) is 12.8 Å². The van der Waals surface area contributed by atoms with Gasteiger partial charge in [0, 0.05) is 92.1 Å². The van der Waals surface area contributed by atoms with Gasteiger partial charge in [0.15, 0.2) is 50.1 Å². The Morgan fingerprint density at radius 3 is 1.27 bits per heavy atom. The number of rotatable bonds is 15. The minimum Gasteiger partial charge on any atom is -0.476 e. The fraction of sp³-hybridized carbons (Fsp3) is 0.453. The number of nitrogens with zero attached hydrogens (tertiary/aromatic N) is 9. The van der Waals surface area contributed by atoms with E-state index in [4.69, 9.17) is 5.11 Å². The number of hydrogen-bond donors (Lipinski definition) is 7. The van der Waals surface area contributed by atoms with Crippen LogP contribution in [-0.2, 0) is 63.7 Å². The number of anilines is 3. The zero-order valence-corrected chi connectivity index (χ0v) is 57.9. The first-order chi connectivity index (χ1) is 49.0. The Kier molecular flexibility index (Phi) is 24.6. The molecular formula is C75H89N15O10S. The maximum Gasteiger partial charge on any atom is 0.358 e. The highest BCUT2D eigenvalue weighted by Gasteiger charge is 2.37. The standard InChI is InChI=1S/C22H26N4O2.C21H25N3O3S.C20H23N5O2.C12H15N3O3/c1-22(9-5-2-6-10-22)21(28)26-19-18(23-11-12-24-19)20(27)25-17-13-15-7-3-4-8-16(15)14-17;25-21(24-17-12-15-6-4-5-7-16(15)13-17)20-19(22-10-11-23-20)14-28(26,27)18-8-2-1-3-9-18;26-19(23-16-12-14-6-2-3-7-15(14)13-16)17-18(22-9-8-21-17)24-20(27)25-10-4-1-5-11-25;16-11(8-4-2-1-3-5-8)15-10-9(12(17)18)13-6-7-14-10/h3-4,7-8,11-12,17H,2,5-6,9-10,13-14H2,1H3,(H,25,27)(H,24,26,28);4-7,10-11,17-18H,1-3,8-9,12-14H2,(H,24,25);2-3,6-9,16H,1,4-5,10-13H2,(H,23,26)(H,22,24,27);6-8H,1-5H2,(H,17,18)(H,14,15,16). The molecule has 5 heterocycles. The smallest absolute Gasteiger partial charge is 0.358 e. The van der Waals surface area contributed by atoms with E-state index in [2.05, 4.69) is 108 Å². The molecule has 7 aliphatic rings. The molecule has 0 unspecified atom stereocenters. The van der Waals surface area contributed by atoms with Gasteiger partial charge in [-0.1, -0.05) is 138 Å². The molecule has 0 radical (unpaired) electrons. The Morgan fingerprint density at radius 2 is 0.812 bits per heavy atom. The summed E-state index contributed by atoms with van der Waals surface area (Å²) in [7, 11) is -3.35. The number of carbonyl (C=O) groups excluding carboxylic acids is 6. The molecule has 0 atom stereocenters. The molecule has 7 amide bonds. The molecule has 0 spiro atoms. The van der Waals surface area contributed by atoms with Crippen molar-refractivity contribution in [3.63, 3.8) is 0 Å². The van der Waals surface area contributed by atoms with Gasteiger partial charge in [0.25, 0.3) is 17.7 Å². The number of sulfone groups is 1. The predicted octanol–water partition coefficient (Wildman–Crippen LogP) is 9.99. The Hall–Kier alpha value is -9.98. The molecule has 4 fully saturated rings. The molecule has 7 N–H and O–H groups in total. The van der Waals surface area contributed by atoms with Gasteiger partial charge in [-0.2, -0.15) is 0 Å². The number of hydrogen-bond acceptors (Lipinski definition) is 17. The summed E-state index contributed by atoms with van der Waals surface area (Å²) in [5.41, 5.74) is 7.62. The first kappa shape index (κ1) is 72.3. The highest BCUT2D eigenvalue weighted by Crippen LogP contribution is 2.37. The van der Waals surface area contributed by atoms with Gasteiger partial charge in [-0.25, -0.2) is 52.9 Å². The molecule has 6 aliphatic carbocycles. The lowest BCUT2D eigenvalue weighted by Gasteiger charge is -2.31. The summed E-state index contributed by atoms with van der Waals surface area (Å²) < 4.78 is 25.6. The summed E-state index contributed by atoms with van der Waals surface area (Å²) in [4.78, 5) is 121. The minimum atomic E-state index is -3.35. The maximum absolute atomic E-state index is 12.8. The summed E-state index contributed by atoms with van der Waals surface area (Å²) in [6.07, 6.45) is 33.8. The number of carboxylic acids is 1. The van der Waals surface area contributed by atoms with Gasteiger partial charge in [0.1, 0.15) is 0 Å². The number of aromatic nitrogens is 8. The largest absolute Gasteiger partial charge is 0.476 e. The van der Waals surface area contributed by atoms with Crippen LogP contribution in [0.2, 0.25) is 0 Å². The van der Waals surface area contributed by atoms with E-state index in [1.165, 1.54) is 89.4 Å². The topological polar surface area (TPSA) is 352 Å². The minimum absolute atomic E-state index is 0.00490. The van der Waals surface area contributed by atoms with Crippen LogP contribution in [0.25, 0.3) is 0 Å². The van der Waals surface area contributed by atoms with Crippen LogP contribution >= 0.6 is 0 Å². The average Bonchev–Trinajstić information content (AvgIpc) is 1.71. The summed E-state index contributed by atoms with van der Waals surface area (Å²) in [6.45, 7) is 3.45. The molecule has 14 rings (SSSR count). The first-order valence-electron chi connectivity index (χ1n) is 35.5. The quantitative estimate of drug-likeness (QED) is 0.0502. The zero-order chi connectivity index (χ0) is 70.7. The number of fused-ring (bicyclic) bond motifs is 3. The zero-order valence-electron chi connectivity index (χ0n) is 57.1. The van der Waals surface area contributed by atoms with Crippen LogP contribution in [-0.4, -0.2) is 136 Å². The van der Waals surface area contributed by atoms with Gasteiger partial charge < -0.3 is 36.6 Å². The summed E-state index contributed by atoms with van der Waals surface area (Å²) in [5, 5.41) is 25.9. The molecular weight excluding hydrogens is 1300 g/mol. The van der Waals surface area contributed by atoms with Gasteiger partial charge >= 0.3 is 12.0 Å². The van der Waals surface area contributed by atoms with Crippen LogP contribution in [0.1, 0.15) is 204 Å². The van der Waals surface area contributed by atoms with Crippen molar-refractivity contribution in [3.8, 4) is 0 Å². The lowest BCUT2D eigenvalue weighted by atomic mass is 9.75. The predicted molar refractivity (Wildman–Crippen MR) is 379 cm³/mol. The van der Waals surface area contributed by atoms with E-state index in [1.54, 1.807) is 4.90 Å². The van der Waals surface area contributed by atoms with E-state index in [9.17, 15) is 42.0 Å². The number of benzene rings is 3. The van der Waals surface area contributed by atoms with Crippen molar-refractivity contribution in [1.29, 1.82) is 0 Å². The first-order valence-corrected chi connectivity index (χ1v) is 37.2.